The SMILES string of the molecule is C=C.CCCCOc1ccc(C(CC)(CC)c2ccc(/C=C/C3CN3C(F)(F)F)c(C)c2)cc1C. The van der Waals surface area contributed by atoms with Crippen molar-refractivity contribution in [1.29, 1.82) is 0 Å². The molecule has 192 valence electrons. The number of unbranched alkanes of at least 4 members (excludes halogenated alkanes) is 1. The quantitative estimate of drug-likeness (QED) is 0.144. The van der Waals surface area contributed by atoms with Crippen LogP contribution in [0.3, 0.4) is 0 Å². The average molecular weight is 488 g/mol. The molecule has 1 heterocycles. The molecular weight excluding hydrogens is 447 g/mol. The monoisotopic (exact) mass is 487 g/mol. The van der Waals surface area contributed by atoms with Crippen LogP contribution in [0.2, 0.25) is 0 Å². The largest absolute Gasteiger partial charge is 0.493 e. The molecule has 5 heteroatoms. The van der Waals surface area contributed by atoms with Crippen LogP contribution in [0.25, 0.3) is 6.08 Å². The number of ether oxygens (including phenoxy) is 1. The van der Waals surface area contributed by atoms with Crippen LogP contribution in [0.1, 0.15) is 74.3 Å². The van der Waals surface area contributed by atoms with Gasteiger partial charge in [-0.3, -0.25) is 0 Å². The van der Waals surface area contributed by atoms with Gasteiger partial charge in [0.2, 0.25) is 0 Å². The van der Waals surface area contributed by atoms with Gasteiger partial charge in [0, 0.05) is 18.0 Å². The van der Waals surface area contributed by atoms with Crippen LogP contribution in [-0.4, -0.2) is 30.4 Å². The molecule has 1 fully saturated rings. The fourth-order valence-electron chi connectivity index (χ4n) is 4.65. The van der Waals surface area contributed by atoms with Crippen molar-refractivity contribution in [1.82, 2.24) is 4.90 Å². The van der Waals surface area contributed by atoms with Crippen LogP contribution in [0.5, 0.6) is 5.75 Å². The molecule has 0 aliphatic carbocycles. The second kappa shape index (κ2) is 12.4. The Morgan fingerprint density at radius 1 is 0.971 bits per heavy atom. The van der Waals surface area contributed by atoms with Crippen LogP contribution in [0, 0.1) is 13.8 Å². The van der Waals surface area contributed by atoms with Crippen LogP contribution >= 0.6 is 0 Å². The fraction of sp³-hybridized carbons (Fsp3) is 0.467. The van der Waals surface area contributed by atoms with E-state index >= 15 is 0 Å². The Kier molecular flexibility index (Phi) is 10.2. The molecule has 2 aromatic rings. The van der Waals surface area contributed by atoms with Crippen LogP contribution < -0.4 is 4.74 Å². The lowest BCUT2D eigenvalue weighted by Crippen LogP contribution is -2.26. The molecule has 0 saturated carbocycles. The molecule has 3 rings (SSSR count). The molecule has 0 radical (unpaired) electrons. The Labute approximate surface area is 209 Å². The summed E-state index contributed by atoms with van der Waals surface area (Å²) in [6, 6.07) is 12.3. The molecule has 0 spiro atoms. The van der Waals surface area contributed by atoms with E-state index in [-0.39, 0.29) is 12.0 Å². The van der Waals surface area contributed by atoms with Gasteiger partial charge in [0.15, 0.2) is 0 Å². The zero-order valence-electron chi connectivity index (χ0n) is 21.8. The van der Waals surface area contributed by atoms with Crippen molar-refractivity contribution in [3.8, 4) is 5.75 Å². The van der Waals surface area contributed by atoms with E-state index in [1.54, 1.807) is 6.08 Å². The number of aryl methyl sites for hydroxylation is 2. The maximum Gasteiger partial charge on any atom is 0.460 e. The fourth-order valence-corrected chi connectivity index (χ4v) is 4.65. The van der Waals surface area contributed by atoms with E-state index in [0.717, 1.165) is 54.7 Å². The van der Waals surface area contributed by atoms with Gasteiger partial charge in [-0.25, -0.2) is 4.90 Å². The first kappa shape index (κ1) is 28.7. The predicted octanol–water partition coefficient (Wildman–Crippen LogP) is 8.61. The molecule has 0 aromatic heterocycles. The Bertz CT molecular complexity index is 992. The number of benzene rings is 2. The van der Waals surface area contributed by atoms with Crippen LogP contribution in [0.15, 0.2) is 55.6 Å². The number of nitrogens with zero attached hydrogens (tertiary/aromatic N) is 1. The molecule has 1 saturated heterocycles. The maximum atomic E-state index is 12.7. The standard InChI is InChI=1S/C28H36F3NO.C2H4/c1-6-9-16-33-26-15-13-24(18-21(26)5)27(7-2,8-3)23-12-10-22(20(4)17-23)11-14-25-19-32(25)28(29,30)31;1-2/h10-15,17-18,25H,6-9,16,19H2,1-5H3;1-2H2/b14-11+;. The third kappa shape index (κ3) is 6.78. The van der Waals surface area contributed by atoms with E-state index in [0.29, 0.717) is 4.90 Å². The molecule has 2 aromatic carbocycles. The molecule has 0 N–H and O–H groups in total. The number of rotatable bonds is 10. The minimum absolute atomic E-state index is 0.0451. The summed E-state index contributed by atoms with van der Waals surface area (Å²) < 4.78 is 44.2. The minimum atomic E-state index is -4.25. The predicted molar refractivity (Wildman–Crippen MR) is 141 cm³/mol. The van der Waals surface area contributed by atoms with E-state index in [1.165, 1.54) is 11.1 Å². The number of alkyl halides is 3. The highest BCUT2D eigenvalue weighted by atomic mass is 19.4. The van der Waals surface area contributed by atoms with Crippen molar-refractivity contribution in [3.05, 3.63) is 83.4 Å². The molecule has 2 unspecified atom stereocenters. The molecule has 1 aliphatic rings. The van der Waals surface area contributed by atoms with Gasteiger partial charge in [-0.05, 0) is 67.0 Å². The lowest BCUT2D eigenvalue weighted by molar-refractivity contribution is -0.206. The van der Waals surface area contributed by atoms with Gasteiger partial charge in [0.1, 0.15) is 5.75 Å². The molecule has 0 bridgehead atoms. The molecule has 35 heavy (non-hydrogen) atoms. The molecule has 0 amide bonds. The van der Waals surface area contributed by atoms with E-state index < -0.39 is 12.3 Å². The Hall–Kier alpha value is -2.53. The van der Waals surface area contributed by atoms with Gasteiger partial charge < -0.3 is 4.74 Å². The van der Waals surface area contributed by atoms with E-state index in [2.05, 4.69) is 71.2 Å². The summed E-state index contributed by atoms with van der Waals surface area (Å²) in [5, 5.41) is 0. The van der Waals surface area contributed by atoms with Gasteiger partial charge in [-0.15, -0.1) is 13.2 Å². The van der Waals surface area contributed by atoms with Crippen LogP contribution in [-0.2, 0) is 5.41 Å². The van der Waals surface area contributed by atoms with E-state index in [4.69, 9.17) is 4.74 Å². The highest BCUT2D eigenvalue weighted by Crippen LogP contribution is 2.41. The summed E-state index contributed by atoms with van der Waals surface area (Å²) in [6.07, 6.45) is 3.30. The smallest absolute Gasteiger partial charge is 0.460 e. The van der Waals surface area contributed by atoms with Gasteiger partial charge in [-0.1, -0.05) is 69.7 Å². The average Bonchev–Trinajstić information content (AvgIpc) is 3.63. The summed E-state index contributed by atoms with van der Waals surface area (Å²) in [5.41, 5.74) is 5.57. The highest BCUT2D eigenvalue weighted by molar-refractivity contribution is 5.57. The van der Waals surface area contributed by atoms with Crippen LogP contribution in [0.4, 0.5) is 13.2 Å². The van der Waals surface area contributed by atoms with Crippen molar-refractivity contribution in [2.75, 3.05) is 13.2 Å². The van der Waals surface area contributed by atoms with Crippen molar-refractivity contribution < 1.29 is 17.9 Å². The lowest BCUT2D eigenvalue weighted by atomic mass is 9.70. The Morgan fingerprint density at radius 2 is 1.57 bits per heavy atom. The highest BCUT2D eigenvalue weighted by Gasteiger charge is 2.51. The van der Waals surface area contributed by atoms with Gasteiger partial charge in [-0.2, -0.15) is 13.2 Å². The molecular formula is C30H40F3NO. The van der Waals surface area contributed by atoms with Crippen molar-refractivity contribution in [2.24, 2.45) is 0 Å². The van der Waals surface area contributed by atoms with Gasteiger partial charge in [0.25, 0.3) is 0 Å². The van der Waals surface area contributed by atoms with Gasteiger partial charge in [0.05, 0.1) is 6.61 Å². The third-order valence-electron chi connectivity index (χ3n) is 6.99. The zero-order valence-corrected chi connectivity index (χ0v) is 21.8. The summed E-state index contributed by atoms with van der Waals surface area (Å²) in [6.45, 7) is 17.5. The van der Waals surface area contributed by atoms with Crippen molar-refractivity contribution >= 4 is 6.08 Å². The summed E-state index contributed by atoms with van der Waals surface area (Å²) >= 11 is 0. The second-order valence-corrected chi connectivity index (χ2v) is 9.09. The topological polar surface area (TPSA) is 12.2 Å². The van der Waals surface area contributed by atoms with E-state index in [1.807, 2.05) is 19.1 Å². The first-order valence-electron chi connectivity index (χ1n) is 12.5. The third-order valence-corrected chi connectivity index (χ3v) is 6.99. The summed E-state index contributed by atoms with van der Waals surface area (Å²) in [5.74, 6) is 0.943. The normalized spacial score (nSPS) is 17.7. The summed E-state index contributed by atoms with van der Waals surface area (Å²) in [7, 11) is 0. The summed E-state index contributed by atoms with van der Waals surface area (Å²) in [4.78, 5) is 0.532. The van der Waals surface area contributed by atoms with Crippen molar-refractivity contribution in [3.63, 3.8) is 0 Å². The maximum absolute atomic E-state index is 12.7. The Balaban J connectivity index is 0.00000210. The molecule has 2 atom stereocenters. The first-order valence-corrected chi connectivity index (χ1v) is 12.5. The van der Waals surface area contributed by atoms with Gasteiger partial charge >= 0.3 is 6.30 Å². The van der Waals surface area contributed by atoms with E-state index in [9.17, 15) is 13.2 Å². The first-order chi connectivity index (χ1) is 16.7. The second-order valence-electron chi connectivity index (χ2n) is 9.09. The minimum Gasteiger partial charge on any atom is -0.493 e. The number of hydrogen-bond acceptors (Lipinski definition) is 2. The lowest BCUT2D eigenvalue weighted by Gasteiger charge is -2.34. The zero-order chi connectivity index (χ0) is 26.2. The van der Waals surface area contributed by atoms with Crippen molar-refractivity contribution in [2.45, 2.75) is 78.1 Å². The Morgan fingerprint density at radius 3 is 2.06 bits per heavy atom. The molecule has 2 nitrogen and oxygen atoms in total. The molecule has 1 aliphatic heterocycles. The number of halogens is 3. The number of hydrogen-bond donors (Lipinski definition) is 0.